The molecule has 0 saturated heterocycles. The van der Waals surface area contributed by atoms with Gasteiger partial charge < -0.3 is 4.57 Å². The quantitative estimate of drug-likeness (QED) is 0.634. The SMILES string of the molecule is Cn1c(-c2cccc(F)c2)nc2c(Cl)ncnc21. The molecule has 0 fully saturated rings. The Morgan fingerprint density at radius 2 is 2.11 bits per heavy atom. The van der Waals surface area contributed by atoms with Crippen LogP contribution in [0.4, 0.5) is 4.39 Å². The van der Waals surface area contributed by atoms with E-state index in [1.807, 2.05) is 0 Å². The van der Waals surface area contributed by atoms with E-state index in [4.69, 9.17) is 11.6 Å². The molecule has 0 N–H and O–H groups in total. The van der Waals surface area contributed by atoms with E-state index in [0.717, 1.165) is 0 Å². The van der Waals surface area contributed by atoms with Crippen molar-refractivity contribution in [1.82, 2.24) is 19.5 Å². The van der Waals surface area contributed by atoms with Crippen LogP contribution >= 0.6 is 11.6 Å². The molecule has 0 atom stereocenters. The number of fused-ring (bicyclic) bond motifs is 1. The summed E-state index contributed by atoms with van der Waals surface area (Å²) in [5, 5.41) is 0.290. The van der Waals surface area contributed by atoms with E-state index in [1.165, 1.54) is 18.5 Å². The summed E-state index contributed by atoms with van der Waals surface area (Å²) in [5.41, 5.74) is 1.81. The van der Waals surface area contributed by atoms with Gasteiger partial charge in [-0.1, -0.05) is 23.7 Å². The number of benzene rings is 1. The molecule has 90 valence electrons. The molecule has 3 aromatic rings. The Labute approximate surface area is 107 Å². The Hall–Kier alpha value is -2.01. The summed E-state index contributed by atoms with van der Waals surface area (Å²) in [6, 6.07) is 6.23. The molecular formula is C12H8ClFN4. The molecule has 0 amide bonds. The Morgan fingerprint density at radius 3 is 2.83 bits per heavy atom. The fraction of sp³-hybridized carbons (Fsp3) is 0.0833. The molecule has 2 heterocycles. The second-order valence-corrected chi connectivity index (χ2v) is 4.20. The first kappa shape index (κ1) is 11.1. The van der Waals surface area contributed by atoms with Gasteiger partial charge in [0, 0.05) is 12.6 Å². The van der Waals surface area contributed by atoms with Crippen LogP contribution in [-0.4, -0.2) is 19.5 Å². The van der Waals surface area contributed by atoms with E-state index < -0.39 is 0 Å². The van der Waals surface area contributed by atoms with Crippen molar-refractivity contribution in [3.05, 3.63) is 41.6 Å². The number of imidazole rings is 1. The van der Waals surface area contributed by atoms with Crippen molar-refractivity contribution in [2.75, 3.05) is 0 Å². The molecule has 0 radical (unpaired) electrons. The highest BCUT2D eigenvalue weighted by atomic mass is 35.5. The van der Waals surface area contributed by atoms with Crippen molar-refractivity contribution in [3.8, 4) is 11.4 Å². The maximum Gasteiger partial charge on any atom is 0.165 e. The Balaban J connectivity index is 2.30. The first-order chi connectivity index (χ1) is 8.66. The van der Waals surface area contributed by atoms with Gasteiger partial charge in [0.25, 0.3) is 0 Å². The lowest BCUT2D eigenvalue weighted by Crippen LogP contribution is -1.94. The van der Waals surface area contributed by atoms with E-state index >= 15 is 0 Å². The Bertz CT molecular complexity index is 738. The molecule has 0 saturated carbocycles. The van der Waals surface area contributed by atoms with Gasteiger partial charge in [-0.15, -0.1) is 0 Å². The maximum absolute atomic E-state index is 13.2. The van der Waals surface area contributed by atoms with E-state index in [2.05, 4.69) is 15.0 Å². The van der Waals surface area contributed by atoms with Crippen LogP contribution in [0.5, 0.6) is 0 Å². The number of rotatable bonds is 1. The van der Waals surface area contributed by atoms with Gasteiger partial charge in [0.1, 0.15) is 23.5 Å². The molecular weight excluding hydrogens is 255 g/mol. The molecule has 0 aliphatic carbocycles. The number of hydrogen-bond acceptors (Lipinski definition) is 3. The highest BCUT2D eigenvalue weighted by Crippen LogP contribution is 2.25. The zero-order chi connectivity index (χ0) is 12.7. The van der Waals surface area contributed by atoms with Crippen molar-refractivity contribution in [2.24, 2.45) is 7.05 Å². The number of halogens is 2. The number of nitrogens with zero attached hydrogens (tertiary/aromatic N) is 4. The van der Waals surface area contributed by atoms with Gasteiger partial charge in [-0.3, -0.25) is 0 Å². The smallest absolute Gasteiger partial charge is 0.165 e. The average Bonchev–Trinajstić information content (AvgIpc) is 2.69. The molecule has 3 rings (SSSR count). The lowest BCUT2D eigenvalue weighted by Gasteiger charge is -2.01. The minimum absolute atomic E-state index is 0.290. The van der Waals surface area contributed by atoms with E-state index in [1.54, 1.807) is 23.7 Å². The van der Waals surface area contributed by atoms with E-state index in [9.17, 15) is 4.39 Å². The molecule has 2 aromatic heterocycles. The molecule has 4 nitrogen and oxygen atoms in total. The van der Waals surface area contributed by atoms with Crippen LogP contribution in [0.2, 0.25) is 5.15 Å². The summed E-state index contributed by atoms with van der Waals surface area (Å²) in [7, 11) is 1.80. The van der Waals surface area contributed by atoms with Crippen LogP contribution in [0.1, 0.15) is 0 Å². The largest absolute Gasteiger partial charge is 0.312 e. The third kappa shape index (κ3) is 1.64. The van der Waals surface area contributed by atoms with Gasteiger partial charge in [-0.25, -0.2) is 19.3 Å². The third-order valence-corrected chi connectivity index (χ3v) is 2.97. The normalized spacial score (nSPS) is 11.1. The molecule has 18 heavy (non-hydrogen) atoms. The molecule has 0 unspecified atom stereocenters. The van der Waals surface area contributed by atoms with Crippen molar-refractivity contribution in [3.63, 3.8) is 0 Å². The standard InChI is InChI=1S/C12H8ClFN4/c1-18-11(7-3-2-4-8(14)5-7)17-9-10(13)15-6-16-12(9)18/h2-6H,1H3. The second kappa shape index (κ2) is 4.03. The maximum atomic E-state index is 13.2. The summed E-state index contributed by atoms with van der Waals surface area (Å²) < 4.78 is 15.0. The van der Waals surface area contributed by atoms with Gasteiger partial charge in [0.15, 0.2) is 10.8 Å². The summed E-state index contributed by atoms with van der Waals surface area (Å²) in [4.78, 5) is 12.4. The van der Waals surface area contributed by atoms with Crippen LogP contribution in [0, 0.1) is 5.82 Å². The zero-order valence-corrected chi connectivity index (χ0v) is 10.2. The molecule has 0 spiro atoms. The first-order valence-electron chi connectivity index (χ1n) is 5.25. The minimum Gasteiger partial charge on any atom is -0.312 e. The minimum atomic E-state index is -0.309. The third-order valence-electron chi connectivity index (χ3n) is 2.69. The molecule has 0 aliphatic heterocycles. The van der Waals surface area contributed by atoms with Crippen LogP contribution in [0.25, 0.3) is 22.6 Å². The predicted octanol–water partition coefficient (Wildman–Crippen LogP) is 2.82. The fourth-order valence-corrected chi connectivity index (χ4v) is 2.03. The van der Waals surface area contributed by atoms with E-state index in [-0.39, 0.29) is 5.82 Å². The van der Waals surface area contributed by atoms with Gasteiger partial charge in [-0.2, -0.15) is 0 Å². The van der Waals surface area contributed by atoms with Crippen molar-refractivity contribution < 1.29 is 4.39 Å². The van der Waals surface area contributed by atoms with E-state index in [0.29, 0.717) is 27.7 Å². The Morgan fingerprint density at radius 1 is 1.28 bits per heavy atom. The van der Waals surface area contributed by atoms with Crippen molar-refractivity contribution >= 4 is 22.8 Å². The lowest BCUT2D eigenvalue weighted by molar-refractivity contribution is 0.628. The van der Waals surface area contributed by atoms with Gasteiger partial charge in [0.2, 0.25) is 0 Å². The van der Waals surface area contributed by atoms with Crippen LogP contribution in [0.15, 0.2) is 30.6 Å². The molecule has 1 aromatic carbocycles. The highest BCUT2D eigenvalue weighted by molar-refractivity contribution is 6.33. The van der Waals surface area contributed by atoms with Crippen molar-refractivity contribution in [2.45, 2.75) is 0 Å². The summed E-state index contributed by atoms with van der Waals surface area (Å²) >= 11 is 5.96. The van der Waals surface area contributed by atoms with Gasteiger partial charge in [-0.05, 0) is 12.1 Å². The molecule has 0 bridgehead atoms. The first-order valence-corrected chi connectivity index (χ1v) is 5.63. The highest BCUT2D eigenvalue weighted by Gasteiger charge is 2.13. The number of aromatic nitrogens is 4. The topological polar surface area (TPSA) is 43.6 Å². The summed E-state index contributed by atoms with van der Waals surface area (Å²) in [6.07, 6.45) is 1.38. The summed E-state index contributed by atoms with van der Waals surface area (Å²) in [6.45, 7) is 0. The molecule has 0 aliphatic rings. The fourth-order valence-electron chi connectivity index (χ4n) is 1.86. The Kier molecular flexibility index (Phi) is 2.48. The number of aryl methyl sites for hydroxylation is 1. The lowest BCUT2D eigenvalue weighted by atomic mass is 10.2. The van der Waals surface area contributed by atoms with Crippen LogP contribution < -0.4 is 0 Å². The number of hydrogen-bond donors (Lipinski definition) is 0. The molecule has 6 heteroatoms. The van der Waals surface area contributed by atoms with Crippen LogP contribution in [0.3, 0.4) is 0 Å². The van der Waals surface area contributed by atoms with Gasteiger partial charge in [0.05, 0.1) is 0 Å². The predicted molar refractivity (Wildman–Crippen MR) is 66.7 cm³/mol. The van der Waals surface area contributed by atoms with Crippen molar-refractivity contribution in [1.29, 1.82) is 0 Å². The zero-order valence-electron chi connectivity index (χ0n) is 9.43. The average molecular weight is 263 g/mol. The van der Waals surface area contributed by atoms with Crippen LogP contribution in [-0.2, 0) is 7.05 Å². The summed E-state index contributed by atoms with van der Waals surface area (Å²) in [5.74, 6) is 0.295. The second-order valence-electron chi connectivity index (χ2n) is 3.84. The monoisotopic (exact) mass is 262 g/mol. The van der Waals surface area contributed by atoms with Gasteiger partial charge >= 0.3 is 0 Å².